The molecule has 0 fully saturated rings. The van der Waals surface area contributed by atoms with Crippen LogP contribution in [0, 0.1) is 0 Å². The van der Waals surface area contributed by atoms with Crippen molar-refractivity contribution in [3.8, 4) is 5.75 Å². The van der Waals surface area contributed by atoms with Gasteiger partial charge in [0.25, 0.3) is 5.91 Å². The first-order valence-electron chi connectivity index (χ1n) is 7.77. The molecule has 0 unspecified atom stereocenters. The maximum Gasteiger partial charge on any atom is 0.259 e. The molecule has 0 aliphatic heterocycles. The van der Waals surface area contributed by atoms with Crippen molar-refractivity contribution in [3.05, 3.63) is 53.6 Å². The summed E-state index contributed by atoms with van der Waals surface area (Å²) in [7, 11) is 1.55. The van der Waals surface area contributed by atoms with Crippen molar-refractivity contribution in [2.24, 2.45) is 0 Å². The number of amides is 2. The molecule has 0 aliphatic rings. The summed E-state index contributed by atoms with van der Waals surface area (Å²) in [5, 5.41) is 5.51. The lowest BCUT2D eigenvalue weighted by molar-refractivity contribution is -0.114. The fraction of sp³-hybridized carbons (Fsp3) is 0.263. The van der Waals surface area contributed by atoms with Gasteiger partial charge in [-0.05, 0) is 41.8 Å². The van der Waals surface area contributed by atoms with Gasteiger partial charge in [-0.15, -0.1) is 0 Å². The van der Waals surface area contributed by atoms with Gasteiger partial charge in [-0.1, -0.05) is 26.0 Å². The van der Waals surface area contributed by atoms with E-state index < -0.39 is 0 Å². The first-order valence-corrected chi connectivity index (χ1v) is 7.77. The van der Waals surface area contributed by atoms with Gasteiger partial charge < -0.3 is 15.4 Å². The highest BCUT2D eigenvalue weighted by molar-refractivity contribution is 6.06. The third-order valence-corrected chi connectivity index (χ3v) is 3.58. The molecule has 2 aromatic carbocycles. The normalized spacial score (nSPS) is 10.4. The highest BCUT2D eigenvalue weighted by Gasteiger charge is 2.14. The van der Waals surface area contributed by atoms with Gasteiger partial charge in [0.05, 0.1) is 12.7 Å². The standard InChI is InChI=1S/C19H22N2O3/c1-12(2)14-8-9-17(18(10-14)24-4)19(23)21-16-7-5-6-15(11-16)20-13(3)22/h5-12H,1-4H3,(H,20,22)(H,21,23). The Kier molecular flexibility index (Phi) is 5.58. The molecule has 0 radical (unpaired) electrons. The van der Waals surface area contributed by atoms with Gasteiger partial charge in [-0.3, -0.25) is 9.59 Å². The van der Waals surface area contributed by atoms with Crippen LogP contribution < -0.4 is 15.4 Å². The van der Waals surface area contributed by atoms with Crippen LogP contribution in [-0.4, -0.2) is 18.9 Å². The first-order chi connectivity index (χ1) is 11.4. The van der Waals surface area contributed by atoms with Crippen LogP contribution in [0.1, 0.15) is 42.6 Å². The number of carbonyl (C=O) groups is 2. The Morgan fingerprint density at radius 3 is 2.25 bits per heavy atom. The number of rotatable bonds is 5. The van der Waals surface area contributed by atoms with E-state index in [0.717, 1.165) is 5.56 Å². The second-order valence-electron chi connectivity index (χ2n) is 5.83. The molecule has 0 atom stereocenters. The predicted molar refractivity (Wildman–Crippen MR) is 95.8 cm³/mol. The summed E-state index contributed by atoms with van der Waals surface area (Å²) >= 11 is 0. The molecule has 2 rings (SSSR count). The maximum atomic E-state index is 12.5. The lowest BCUT2D eigenvalue weighted by atomic mass is 10.0. The Morgan fingerprint density at radius 2 is 1.67 bits per heavy atom. The first kappa shape index (κ1) is 17.5. The summed E-state index contributed by atoms with van der Waals surface area (Å²) in [5.74, 6) is 0.466. The van der Waals surface area contributed by atoms with Gasteiger partial charge in [0.15, 0.2) is 0 Å². The SMILES string of the molecule is COc1cc(C(C)C)ccc1C(=O)Nc1cccc(NC(C)=O)c1. The van der Waals surface area contributed by atoms with Crippen LogP contribution in [0.15, 0.2) is 42.5 Å². The molecule has 0 aliphatic carbocycles. The second kappa shape index (κ2) is 7.64. The van der Waals surface area contributed by atoms with Gasteiger partial charge in [0, 0.05) is 18.3 Å². The monoisotopic (exact) mass is 326 g/mol. The topological polar surface area (TPSA) is 67.4 Å². The summed E-state index contributed by atoms with van der Waals surface area (Å²) in [5.41, 5.74) is 2.80. The van der Waals surface area contributed by atoms with Gasteiger partial charge in [0.2, 0.25) is 5.91 Å². The number of hydrogen-bond acceptors (Lipinski definition) is 3. The largest absolute Gasteiger partial charge is 0.496 e. The third kappa shape index (κ3) is 4.35. The zero-order valence-corrected chi connectivity index (χ0v) is 14.3. The molecule has 0 saturated heterocycles. The van der Waals surface area contributed by atoms with Gasteiger partial charge in [-0.25, -0.2) is 0 Å². The predicted octanol–water partition coefficient (Wildman–Crippen LogP) is 4.03. The number of carbonyl (C=O) groups excluding carboxylic acids is 2. The van der Waals surface area contributed by atoms with Crippen LogP contribution in [-0.2, 0) is 4.79 Å². The molecule has 24 heavy (non-hydrogen) atoms. The minimum absolute atomic E-state index is 0.163. The van der Waals surface area contributed by atoms with E-state index in [0.29, 0.717) is 28.6 Å². The van der Waals surface area contributed by atoms with E-state index in [1.807, 2.05) is 12.1 Å². The number of anilines is 2. The summed E-state index contributed by atoms with van der Waals surface area (Å²) in [6.45, 7) is 5.61. The average molecular weight is 326 g/mol. The van der Waals surface area contributed by atoms with E-state index in [2.05, 4.69) is 24.5 Å². The summed E-state index contributed by atoms with van der Waals surface area (Å²) in [6, 6.07) is 12.6. The molecule has 0 aromatic heterocycles. The van der Waals surface area contributed by atoms with Crippen molar-refractivity contribution in [1.82, 2.24) is 0 Å². The molecule has 0 bridgehead atoms. The highest BCUT2D eigenvalue weighted by atomic mass is 16.5. The Hall–Kier alpha value is -2.82. The Labute approximate surface area is 142 Å². The van der Waals surface area contributed by atoms with Crippen molar-refractivity contribution in [2.45, 2.75) is 26.7 Å². The molecular weight excluding hydrogens is 304 g/mol. The summed E-state index contributed by atoms with van der Waals surface area (Å²) in [6.07, 6.45) is 0. The van der Waals surface area contributed by atoms with Gasteiger partial charge in [-0.2, -0.15) is 0 Å². The fourth-order valence-electron chi connectivity index (χ4n) is 2.33. The summed E-state index contributed by atoms with van der Waals surface area (Å²) < 4.78 is 5.35. The van der Waals surface area contributed by atoms with E-state index in [1.54, 1.807) is 37.4 Å². The van der Waals surface area contributed by atoms with Crippen LogP contribution in [0.3, 0.4) is 0 Å². The van der Waals surface area contributed by atoms with Crippen LogP contribution in [0.5, 0.6) is 5.75 Å². The zero-order valence-electron chi connectivity index (χ0n) is 14.3. The molecule has 0 saturated carbocycles. The Bertz CT molecular complexity index is 754. The zero-order chi connectivity index (χ0) is 17.7. The minimum atomic E-state index is -0.262. The highest BCUT2D eigenvalue weighted by Crippen LogP contribution is 2.26. The molecule has 0 spiro atoms. The maximum absolute atomic E-state index is 12.5. The Balaban J connectivity index is 2.22. The van der Waals surface area contributed by atoms with Crippen LogP contribution in [0.4, 0.5) is 11.4 Å². The quantitative estimate of drug-likeness (QED) is 0.871. The fourth-order valence-corrected chi connectivity index (χ4v) is 2.33. The van der Waals surface area contributed by atoms with E-state index in [1.165, 1.54) is 6.92 Å². The molecule has 5 nitrogen and oxygen atoms in total. The number of nitrogens with one attached hydrogen (secondary N) is 2. The Morgan fingerprint density at radius 1 is 1.00 bits per heavy atom. The number of benzene rings is 2. The van der Waals surface area contributed by atoms with Crippen molar-refractivity contribution < 1.29 is 14.3 Å². The van der Waals surface area contributed by atoms with E-state index in [4.69, 9.17) is 4.74 Å². The van der Waals surface area contributed by atoms with E-state index in [-0.39, 0.29) is 11.8 Å². The van der Waals surface area contributed by atoms with E-state index >= 15 is 0 Å². The van der Waals surface area contributed by atoms with Crippen LogP contribution >= 0.6 is 0 Å². The molecule has 5 heteroatoms. The van der Waals surface area contributed by atoms with Gasteiger partial charge in [0.1, 0.15) is 5.75 Å². The van der Waals surface area contributed by atoms with E-state index in [9.17, 15) is 9.59 Å². The van der Waals surface area contributed by atoms with Gasteiger partial charge >= 0.3 is 0 Å². The second-order valence-corrected chi connectivity index (χ2v) is 5.83. The number of hydrogen-bond donors (Lipinski definition) is 2. The minimum Gasteiger partial charge on any atom is -0.496 e. The third-order valence-electron chi connectivity index (χ3n) is 3.58. The van der Waals surface area contributed by atoms with Crippen molar-refractivity contribution in [3.63, 3.8) is 0 Å². The van der Waals surface area contributed by atoms with Crippen molar-refractivity contribution in [2.75, 3.05) is 17.7 Å². The smallest absolute Gasteiger partial charge is 0.259 e. The molecule has 2 aromatic rings. The van der Waals surface area contributed by atoms with Crippen LogP contribution in [0.25, 0.3) is 0 Å². The molecule has 0 heterocycles. The van der Waals surface area contributed by atoms with Crippen molar-refractivity contribution in [1.29, 1.82) is 0 Å². The molecule has 126 valence electrons. The van der Waals surface area contributed by atoms with Crippen molar-refractivity contribution >= 4 is 23.2 Å². The lowest BCUT2D eigenvalue weighted by Crippen LogP contribution is -2.14. The van der Waals surface area contributed by atoms with Crippen LogP contribution in [0.2, 0.25) is 0 Å². The molecule has 2 N–H and O–H groups in total. The number of ether oxygens (including phenoxy) is 1. The molecular formula is C19H22N2O3. The molecule has 2 amide bonds. The average Bonchev–Trinajstić information content (AvgIpc) is 2.53. The number of methoxy groups -OCH3 is 1. The summed E-state index contributed by atoms with van der Waals surface area (Å²) in [4.78, 5) is 23.7. The lowest BCUT2D eigenvalue weighted by Gasteiger charge is -2.13.